The van der Waals surface area contributed by atoms with Crippen LogP contribution < -0.4 is 10.7 Å². The Hall–Kier alpha value is -3.26. The van der Waals surface area contributed by atoms with Gasteiger partial charge in [0.25, 0.3) is 11.6 Å². The molecule has 2 aromatic rings. The molecule has 140 valence electrons. The maximum Gasteiger partial charge on any atom is 0.278 e. The van der Waals surface area contributed by atoms with Gasteiger partial charge >= 0.3 is 0 Å². The molecule has 0 saturated heterocycles. The molecule has 0 aromatic heterocycles. The SMILES string of the molecule is O=C(CCCNC(=O)c1ccccc1Cl)N/N=C/c1ccccc1[N+](=O)[O-]. The van der Waals surface area contributed by atoms with Gasteiger partial charge in [-0.15, -0.1) is 0 Å². The van der Waals surface area contributed by atoms with E-state index in [1.165, 1.54) is 18.3 Å². The molecule has 0 aliphatic rings. The minimum Gasteiger partial charge on any atom is -0.352 e. The molecule has 0 aliphatic carbocycles. The standard InChI is InChI=1S/C18H17ClN4O4/c19-15-8-3-2-7-14(15)18(25)20-11-5-10-17(24)22-21-12-13-6-1-4-9-16(13)23(26)27/h1-4,6-9,12H,5,10-11H2,(H,20,25)(H,22,24)/b21-12+. The van der Waals surface area contributed by atoms with E-state index < -0.39 is 4.92 Å². The highest BCUT2D eigenvalue weighted by Crippen LogP contribution is 2.15. The third-order valence-electron chi connectivity index (χ3n) is 3.51. The number of halogens is 1. The summed E-state index contributed by atoms with van der Waals surface area (Å²) in [5, 5.41) is 17.6. The first kappa shape index (κ1) is 20.1. The average Bonchev–Trinajstić information content (AvgIpc) is 2.65. The highest BCUT2D eigenvalue weighted by Gasteiger charge is 2.10. The third-order valence-corrected chi connectivity index (χ3v) is 3.84. The minimum absolute atomic E-state index is 0.0993. The Bertz CT molecular complexity index is 870. The number of benzene rings is 2. The van der Waals surface area contributed by atoms with Crippen LogP contribution in [0.4, 0.5) is 5.69 Å². The van der Waals surface area contributed by atoms with Gasteiger partial charge in [0.2, 0.25) is 5.91 Å². The highest BCUT2D eigenvalue weighted by molar-refractivity contribution is 6.33. The number of hydrogen-bond donors (Lipinski definition) is 2. The number of carbonyl (C=O) groups excluding carboxylic acids is 2. The Morgan fingerprint density at radius 2 is 1.85 bits per heavy atom. The summed E-state index contributed by atoms with van der Waals surface area (Å²) >= 11 is 5.94. The monoisotopic (exact) mass is 388 g/mol. The number of carbonyl (C=O) groups is 2. The fourth-order valence-corrected chi connectivity index (χ4v) is 2.41. The molecular weight excluding hydrogens is 372 g/mol. The van der Waals surface area contributed by atoms with Crippen molar-refractivity contribution in [2.45, 2.75) is 12.8 Å². The van der Waals surface area contributed by atoms with E-state index in [9.17, 15) is 19.7 Å². The van der Waals surface area contributed by atoms with Gasteiger partial charge in [-0.2, -0.15) is 5.10 Å². The summed E-state index contributed by atoms with van der Waals surface area (Å²) in [6.07, 6.45) is 1.76. The summed E-state index contributed by atoms with van der Waals surface area (Å²) in [6.45, 7) is 0.297. The Morgan fingerprint density at radius 1 is 1.15 bits per heavy atom. The number of amides is 2. The van der Waals surface area contributed by atoms with Crippen LogP contribution >= 0.6 is 11.6 Å². The van der Waals surface area contributed by atoms with Crippen molar-refractivity contribution in [2.24, 2.45) is 5.10 Å². The molecule has 0 aliphatic heterocycles. The Morgan fingerprint density at radius 3 is 2.59 bits per heavy atom. The summed E-state index contributed by atoms with van der Waals surface area (Å²) in [5.41, 5.74) is 2.86. The summed E-state index contributed by atoms with van der Waals surface area (Å²) in [7, 11) is 0. The van der Waals surface area contributed by atoms with Crippen LogP contribution in [0.15, 0.2) is 53.6 Å². The lowest BCUT2D eigenvalue weighted by atomic mass is 10.2. The van der Waals surface area contributed by atoms with E-state index in [4.69, 9.17) is 11.6 Å². The van der Waals surface area contributed by atoms with Gasteiger partial charge in [-0.25, -0.2) is 5.43 Å². The van der Waals surface area contributed by atoms with Crippen molar-refractivity contribution >= 4 is 35.3 Å². The number of nitrogens with one attached hydrogen (secondary N) is 2. The second kappa shape index (κ2) is 10.0. The zero-order chi connectivity index (χ0) is 19.6. The second-order valence-electron chi connectivity index (χ2n) is 5.45. The van der Waals surface area contributed by atoms with Gasteiger partial charge in [0.15, 0.2) is 0 Å². The zero-order valence-electron chi connectivity index (χ0n) is 14.2. The van der Waals surface area contributed by atoms with E-state index in [-0.39, 0.29) is 29.5 Å². The molecule has 0 heterocycles. The molecule has 2 amide bonds. The molecule has 2 aromatic carbocycles. The topological polar surface area (TPSA) is 114 Å². The van der Waals surface area contributed by atoms with Crippen LogP contribution in [-0.4, -0.2) is 29.5 Å². The van der Waals surface area contributed by atoms with Crippen molar-refractivity contribution in [3.8, 4) is 0 Å². The first-order valence-electron chi connectivity index (χ1n) is 8.07. The summed E-state index contributed by atoms with van der Waals surface area (Å²) in [6, 6.07) is 12.7. The molecule has 2 rings (SSSR count). The largest absolute Gasteiger partial charge is 0.352 e. The second-order valence-corrected chi connectivity index (χ2v) is 5.86. The number of nitrogens with zero attached hydrogens (tertiary/aromatic N) is 2. The van der Waals surface area contributed by atoms with E-state index in [1.54, 1.807) is 36.4 Å². The average molecular weight is 389 g/mol. The van der Waals surface area contributed by atoms with Crippen molar-refractivity contribution in [3.63, 3.8) is 0 Å². The molecule has 0 atom stereocenters. The summed E-state index contributed by atoms with van der Waals surface area (Å²) in [5.74, 6) is -0.674. The van der Waals surface area contributed by atoms with Crippen LogP contribution in [-0.2, 0) is 4.79 Å². The number of hydrogen-bond acceptors (Lipinski definition) is 5. The number of nitro groups is 1. The van der Waals surface area contributed by atoms with Crippen molar-refractivity contribution in [3.05, 3.63) is 74.8 Å². The van der Waals surface area contributed by atoms with Crippen LogP contribution in [0.25, 0.3) is 0 Å². The molecule has 0 bridgehead atoms. The predicted molar refractivity (Wildman–Crippen MR) is 102 cm³/mol. The van der Waals surface area contributed by atoms with Gasteiger partial charge in [-0.1, -0.05) is 35.9 Å². The van der Waals surface area contributed by atoms with Crippen LogP contribution in [0.3, 0.4) is 0 Å². The number of rotatable bonds is 8. The first-order chi connectivity index (χ1) is 13.0. The van der Waals surface area contributed by atoms with E-state index in [0.717, 1.165) is 0 Å². The molecule has 9 heteroatoms. The maximum absolute atomic E-state index is 12.0. The summed E-state index contributed by atoms with van der Waals surface area (Å²) < 4.78 is 0. The number of nitro benzene ring substituents is 1. The molecular formula is C18H17ClN4O4. The quantitative estimate of drug-likeness (QED) is 0.313. The van der Waals surface area contributed by atoms with Crippen molar-refractivity contribution in [2.75, 3.05) is 6.54 Å². The molecule has 27 heavy (non-hydrogen) atoms. The molecule has 0 fully saturated rings. The smallest absolute Gasteiger partial charge is 0.278 e. The molecule has 8 nitrogen and oxygen atoms in total. The van der Waals surface area contributed by atoms with Gasteiger partial charge in [-0.3, -0.25) is 19.7 Å². The predicted octanol–water partition coefficient (Wildman–Crippen LogP) is 2.91. The molecule has 0 saturated carbocycles. The van der Waals surface area contributed by atoms with Gasteiger partial charge in [0.1, 0.15) is 0 Å². The fourth-order valence-electron chi connectivity index (χ4n) is 2.18. The molecule has 0 unspecified atom stereocenters. The van der Waals surface area contributed by atoms with Crippen LogP contribution in [0, 0.1) is 10.1 Å². The lowest BCUT2D eigenvalue weighted by Gasteiger charge is -2.06. The third kappa shape index (κ3) is 6.19. The fraction of sp³-hybridized carbons (Fsp3) is 0.167. The van der Waals surface area contributed by atoms with Crippen molar-refractivity contribution in [1.29, 1.82) is 0 Å². The van der Waals surface area contributed by atoms with Crippen LogP contribution in [0.1, 0.15) is 28.8 Å². The van der Waals surface area contributed by atoms with E-state index >= 15 is 0 Å². The van der Waals surface area contributed by atoms with Crippen molar-refractivity contribution in [1.82, 2.24) is 10.7 Å². The van der Waals surface area contributed by atoms with Crippen molar-refractivity contribution < 1.29 is 14.5 Å². The van der Waals surface area contributed by atoms with Gasteiger partial charge in [-0.05, 0) is 24.6 Å². The Kier molecular flexibility index (Phi) is 7.45. The van der Waals surface area contributed by atoms with Gasteiger partial charge in [0.05, 0.1) is 27.3 Å². The Balaban J connectivity index is 1.73. The lowest BCUT2D eigenvalue weighted by Crippen LogP contribution is -2.26. The zero-order valence-corrected chi connectivity index (χ0v) is 15.0. The van der Waals surface area contributed by atoms with Gasteiger partial charge < -0.3 is 5.32 Å². The first-order valence-corrected chi connectivity index (χ1v) is 8.45. The molecule has 2 N–H and O–H groups in total. The highest BCUT2D eigenvalue weighted by atomic mass is 35.5. The van der Waals surface area contributed by atoms with Gasteiger partial charge in [0, 0.05) is 19.0 Å². The van der Waals surface area contributed by atoms with E-state index in [0.29, 0.717) is 23.6 Å². The number of para-hydroxylation sites is 1. The van der Waals surface area contributed by atoms with E-state index in [2.05, 4.69) is 15.8 Å². The lowest BCUT2D eigenvalue weighted by molar-refractivity contribution is -0.385. The normalized spacial score (nSPS) is 10.6. The maximum atomic E-state index is 12.0. The number of hydrazone groups is 1. The van der Waals surface area contributed by atoms with Crippen LogP contribution in [0.5, 0.6) is 0 Å². The summed E-state index contributed by atoms with van der Waals surface area (Å²) in [4.78, 5) is 34.0. The Labute approximate surface area is 160 Å². The molecule has 0 radical (unpaired) electrons. The molecule has 0 spiro atoms. The van der Waals surface area contributed by atoms with Crippen LogP contribution in [0.2, 0.25) is 5.02 Å². The van der Waals surface area contributed by atoms with E-state index in [1.807, 2.05) is 0 Å². The minimum atomic E-state index is -0.523.